The number of benzene rings is 1. The van der Waals surface area contributed by atoms with Crippen LogP contribution in [0, 0.1) is 11.7 Å². The monoisotopic (exact) mass is 482 g/mol. The van der Waals surface area contributed by atoms with E-state index in [-0.39, 0.29) is 17.3 Å². The van der Waals surface area contributed by atoms with Crippen molar-refractivity contribution in [3.8, 4) is 0 Å². The Morgan fingerprint density at radius 2 is 1.63 bits per heavy atom. The lowest BCUT2D eigenvalue weighted by Gasteiger charge is -2.37. The lowest BCUT2D eigenvalue weighted by molar-refractivity contribution is -0.136. The van der Waals surface area contributed by atoms with Crippen LogP contribution in [0.5, 0.6) is 0 Å². The predicted octanol–water partition coefficient (Wildman–Crippen LogP) is 2.46. The molecule has 35 heavy (non-hydrogen) atoms. The summed E-state index contributed by atoms with van der Waals surface area (Å²) in [6.07, 6.45) is 5.60. The van der Waals surface area contributed by atoms with Gasteiger partial charge < -0.3 is 14.7 Å². The van der Waals surface area contributed by atoms with Crippen LogP contribution in [0.25, 0.3) is 0 Å². The zero-order valence-corrected chi connectivity index (χ0v) is 20.3. The molecule has 1 aliphatic carbocycles. The molecule has 2 aromatic rings. The standard InChI is InChI=1S/C26H35FN6O2/c27-22-8-4-5-9-23(22)31-12-10-30(11-13-31)19-21-18-24(34)29-26(28-21)33-16-14-32(15-17-33)25(35)20-6-2-1-3-7-20/h4-5,8-9,18,20H,1-3,6-7,10-17,19H2,(H,28,29,34). The molecule has 0 radical (unpaired) electrons. The van der Waals surface area contributed by atoms with E-state index in [0.29, 0.717) is 50.3 Å². The zero-order chi connectivity index (χ0) is 24.2. The SMILES string of the molecule is O=C(C1CCCCC1)N1CCN(c2nc(CN3CCN(c4ccccc4F)CC3)cc(=O)[nH]2)CC1. The smallest absolute Gasteiger partial charge is 0.252 e. The van der Waals surface area contributed by atoms with E-state index >= 15 is 0 Å². The van der Waals surface area contributed by atoms with E-state index in [1.54, 1.807) is 12.1 Å². The highest BCUT2D eigenvalue weighted by Crippen LogP contribution is 2.26. The number of hydrogen-bond acceptors (Lipinski definition) is 6. The fourth-order valence-corrected chi connectivity index (χ4v) is 5.56. The van der Waals surface area contributed by atoms with Gasteiger partial charge in [0, 0.05) is 70.9 Å². The van der Waals surface area contributed by atoms with Crippen LogP contribution in [-0.2, 0) is 11.3 Å². The molecule has 5 rings (SSSR count). The van der Waals surface area contributed by atoms with Crippen molar-refractivity contribution >= 4 is 17.5 Å². The molecule has 1 aromatic carbocycles. The van der Waals surface area contributed by atoms with Crippen molar-refractivity contribution in [1.29, 1.82) is 0 Å². The topological polar surface area (TPSA) is 75.8 Å². The first-order chi connectivity index (χ1) is 17.1. The van der Waals surface area contributed by atoms with Gasteiger partial charge in [0.15, 0.2) is 0 Å². The van der Waals surface area contributed by atoms with Crippen molar-refractivity contribution in [2.24, 2.45) is 5.92 Å². The summed E-state index contributed by atoms with van der Waals surface area (Å²) in [5, 5.41) is 0. The number of halogens is 1. The van der Waals surface area contributed by atoms with Crippen LogP contribution in [0.15, 0.2) is 35.1 Å². The number of amides is 1. The number of aromatic nitrogens is 2. The predicted molar refractivity (Wildman–Crippen MR) is 134 cm³/mol. The van der Waals surface area contributed by atoms with E-state index in [0.717, 1.165) is 57.6 Å². The first kappa shape index (κ1) is 23.8. The van der Waals surface area contributed by atoms with E-state index in [9.17, 15) is 14.0 Å². The average molecular weight is 483 g/mol. The molecule has 3 fully saturated rings. The van der Waals surface area contributed by atoms with E-state index in [1.807, 2.05) is 17.0 Å². The van der Waals surface area contributed by atoms with Crippen LogP contribution in [0.4, 0.5) is 16.0 Å². The molecule has 0 bridgehead atoms. The summed E-state index contributed by atoms with van der Waals surface area (Å²) >= 11 is 0. The molecule has 1 amide bonds. The number of rotatable bonds is 5. The van der Waals surface area contributed by atoms with E-state index in [1.165, 1.54) is 12.5 Å². The van der Waals surface area contributed by atoms with Gasteiger partial charge in [-0.15, -0.1) is 0 Å². The molecular formula is C26H35FN6O2. The molecule has 1 N–H and O–H groups in total. The van der Waals surface area contributed by atoms with Crippen LogP contribution in [-0.4, -0.2) is 78.0 Å². The van der Waals surface area contributed by atoms with Crippen molar-refractivity contribution in [2.45, 2.75) is 38.6 Å². The van der Waals surface area contributed by atoms with Gasteiger partial charge in [-0.05, 0) is 25.0 Å². The number of carbonyl (C=O) groups excluding carboxylic acids is 1. The molecule has 188 valence electrons. The fourth-order valence-electron chi connectivity index (χ4n) is 5.56. The third-order valence-electron chi connectivity index (χ3n) is 7.58. The molecule has 1 aromatic heterocycles. The summed E-state index contributed by atoms with van der Waals surface area (Å²) < 4.78 is 14.1. The van der Waals surface area contributed by atoms with Crippen LogP contribution in [0.3, 0.4) is 0 Å². The number of carbonyl (C=O) groups is 1. The number of aromatic amines is 1. The van der Waals surface area contributed by atoms with Gasteiger partial charge in [-0.1, -0.05) is 31.4 Å². The third kappa shape index (κ3) is 5.66. The van der Waals surface area contributed by atoms with Gasteiger partial charge in [-0.2, -0.15) is 0 Å². The number of nitrogens with one attached hydrogen (secondary N) is 1. The molecular weight excluding hydrogens is 447 g/mol. The van der Waals surface area contributed by atoms with E-state index in [2.05, 4.69) is 19.7 Å². The highest BCUT2D eigenvalue weighted by Gasteiger charge is 2.29. The second-order valence-corrected chi connectivity index (χ2v) is 9.92. The number of hydrogen-bond donors (Lipinski definition) is 1. The Labute approximate surface area is 205 Å². The highest BCUT2D eigenvalue weighted by atomic mass is 19.1. The summed E-state index contributed by atoms with van der Waals surface area (Å²) in [6, 6.07) is 8.45. The zero-order valence-electron chi connectivity index (χ0n) is 20.3. The summed E-state index contributed by atoms with van der Waals surface area (Å²) in [5.74, 6) is 0.883. The Balaban J connectivity index is 1.16. The quantitative estimate of drug-likeness (QED) is 0.706. The first-order valence-corrected chi connectivity index (χ1v) is 12.9. The molecule has 1 saturated carbocycles. The number of anilines is 2. The van der Waals surface area contributed by atoms with Gasteiger partial charge in [0.25, 0.3) is 5.56 Å². The van der Waals surface area contributed by atoms with Gasteiger partial charge >= 0.3 is 0 Å². The molecule has 3 aliphatic rings. The van der Waals surface area contributed by atoms with Crippen LogP contribution in [0.2, 0.25) is 0 Å². The van der Waals surface area contributed by atoms with Crippen LogP contribution >= 0.6 is 0 Å². The van der Waals surface area contributed by atoms with Crippen molar-refractivity contribution in [2.75, 3.05) is 62.2 Å². The van der Waals surface area contributed by atoms with Gasteiger partial charge in [0.1, 0.15) is 5.82 Å². The molecule has 8 nitrogen and oxygen atoms in total. The summed E-state index contributed by atoms with van der Waals surface area (Å²) in [4.78, 5) is 41.3. The normalized spacial score (nSPS) is 20.3. The van der Waals surface area contributed by atoms with Gasteiger partial charge in [0.05, 0.1) is 11.4 Å². The Hall–Kier alpha value is -2.94. The van der Waals surface area contributed by atoms with E-state index in [4.69, 9.17) is 4.98 Å². The molecule has 0 atom stereocenters. The minimum atomic E-state index is -0.192. The second-order valence-electron chi connectivity index (χ2n) is 9.92. The summed E-state index contributed by atoms with van der Waals surface area (Å²) in [6.45, 7) is 6.28. The number of piperazine rings is 2. The average Bonchev–Trinajstić information content (AvgIpc) is 2.89. The Kier molecular flexibility index (Phi) is 7.32. The number of para-hydroxylation sites is 1. The summed E-state index contributed by atoms with van der Waals surface area (Å²) in [7, 11) is 0. The Morgan fingerprint density at radius 3 is 2.34 bits per heavy atom. The minimum absolute atomic E-state index is 0.157. The lowest BCUT2D eigenvalue weighted by atomic mass is 9.88. The maximum atomic E-state index is 14.1. The fraction of sp³-hybridized carbons (Fsp3) is 0.577. The maximum Gasteiger partial charge on any atom is 0.252 e. The van der Waals surface area contributed by atoms with Crippen LogP contribution in [0.1, 0.15) is 37.8 Å². The molecule has 0 spiro atoms. The van der Waals surface area contributed by atoms with Gasteiger partial charge in [0.2, 0.25) is 11.9 Å². The highest BCUT2D eigenvalue weighted by molar-refractivity contribution is 5.79. The molecule has 2 saturated heterocycles. The largest absolute Gasteiger partial charge is 0.367 e. The van der Waals surface area contributed by atoms with Crippen LogP contribution < -0.4 is 15.4 Å². The van der Waals surface area contributed by atoms with Crippen molar-refractivity contribution in [3.63, 3.8) is 0 Å². The first-order valence-electron chi connectivity index (χ1n) is 12.9. The molecule has 3 heterocycles. The van der Waals surface area contributed by atoms with E-state index < -0.39 is 0 Å². The molecule has 0 unspecified atom stereocenters. The number of H-pyrrole nitrogens is 1. The van der Waals surface area contributed by atoms with Crippen molar-refractivity contribution in [3.05, 3.63) is 52.2 Å². The maximum absolute atomic E-state index is 14.1. The Morgan fingerprint density at radius 1 is 0.943 bits per heavy atom. The summed E-state index contributed by atoms with van der Waals surface area (Å²) in [5.41, 5.74) is 1.23. The molecule has 9 heteroatoms. The van der Waals surface area contributed by atoms with Crippen molar-refractivity contribution < 1.29 is 9.18 Å². The lowest BCUT2D eigenvalue weighted by Crippen LogP contribution is -2.51. The van der Waals surface area contributed by atoms with Gasteiger partial charge in [-0.25, -0.2) is 9.37 Å². The van der Waals surface area contributed by atoms with Crippen molar-refractivity contribution in [1.82, 2.24) is 19.8 Å². The number of nitrogens with zero attached hydrogens (tertiary/aromatic N) is 5. The second kappa shape index (κ2) is 10.8. The Bertz CT molecular complexity index is 1070. The minimum Gasteiger partial charge on any atom is -0.367 e. The van der Waals surface area contributed by atoms with Gasteiger partial charge in [-0.3, -0.25) is 19.5 Å². The molecule has 2 aliphatic heterocycles. The third-order valence-corrected chi connectivity index (χ3v) is 7.58.